The standard InChI is InChI=1S/C17H21N3O2/c1-12-5-3-6-14(19-12)16-7-4-8-20(16)11-13-9-15(18-10-13)17(21)22-2/h3,5-6,9-10,16,18H,4,7-8,11H2,1-2H3. The average molecular weight is 299 g/mol. The molecule has 1 fully saturated rings. The predicted molar refractivity (Wildman–Crippen MR) is 83.5 cm³/mol. The van der Waals surface area contributed by atoms with Crippen LogP contribution in [-0.2, 0) is 11.3 Å². The number of aryl methyl sites for hydroxylation is 1. The number of nitrogens with one attached hydrogen (secondary N) is 1. The average Bonchev–Trinajstić information content (AvgIpc) is 3.16. The van der Waals surface area contributed by atoms with Crippen molar-refractivity contribution in [3.63, 3.8) is 0 Å². The Bertz CT molecular complexity index is 665. The Labute approximate surface area is 130 Å². The van der Waals surface area contributed by atoms with E-state index in [0.29, 0.717) is 11.7 Å². The lowest BCUT2D eigenvalue weighted by Gasteiger charge is -2.23. The number of likely N-dealkylation sites (tertiary alicyclic amines) is 1. The van der Waals surface area contributed by atoms with Gasteiger partial charge in [0.25, 0.3) is 0 Å². The van der Waals surface area contributed by atoms with Crippen LogP contribution in [0.1, 0.15) is 46.3 Å². The summed E-state index contributed by atoms with van der Waals surface area (Å²) in [6.45, 7) is 3.89. The maximum absolute atomic E-state index is 11.5. The lowest BCUT2D eigenvalue weighted by Crippen LogP contribution is -2.23. The third-order valence-corrected chi connectivity index (χ3v) is 4.15. The molecule has 0 aromatic carbocycles. The van der Waals surface area contributed by atoms with E-state index >= 15 is 0 Å². The highest BCUT2D eigenvalue weighted by atomic mass is 16.5. The van der Waals surface area contributed by atoms with E-state index in [9.17, 15) is 4.79 Å². The number of methoxy groups -OCH3 is 1. The van der Waals surface area contributed by atoms with Gasteiger partial charge in [0.1, 0.15) is 5.69 Å². The van der Waals surface area contributed by atoms with Gasteiger partial charge in [0.15, 0.2) is 0 Å². The highest BCUT2D eigenvalue weighted by Gasteiger charge is 2.27. The first kappa shape index (κ1) is 14.8. The highest BCUT2D eigenvalue weighted by Crippen LogP contribution is 2.32. The quantitative estimate of drug-likeness (QED) is 0.882. The summed E-state index contributed by atoms with van der Waals surface area (Å²) in [5.74, 6) is -0.329. The molecule has 22 heavy (non-hydrogen) atoms. The molecule has 0 saturated carbocycles. The first-order valence-corrected chi connectivity index (χ1v) is 7.60. The molecule has 0 aliphatic carbocycles. The molecule has 1 N–H and O–H groups in total. The van der Waals surface area contributed by atoms with Crippen LogP contribution >= 0.6 is 0 Å². The molecule has 0 spiro atoms. The van der Waals surface area contributed by atoms with Gasteiger partial charge in [-0.1, -0.05) is 6.07 Å². The topological polar surface area (TPSA) is 58.2 Å². The molecule has 2 aromatic heterocycles. The van der Waals surface area contributed by atoms with Gasteiger partial charge in [-0.3, -0.25) is 9.88 Å². The first-order valence-electron chi connectivity index (χ1n) is 7.60. The van der Waals surface area contributed by atoms with Crippen LogP contribution in [0.4, 0.5) is 0 Å². The minimum atomic E-state index is -0.329. The summed E-state index contributed by atoms with van der Waals surface area (Å²) < 4.78 is 4.73. The van der Waals surface area contributed by atoms with Crippen molar-refractivity contribution in [2.45, 2.75) is 32.4 Å². The Morgan fingerprint density at radius 1 is 1.50 bits per heavy atom. The van der Waals surface area contributed by atoms with Crippen molar-refractivity contribution in [2.24, 2.45) is 0 Å². The number of carbonyl (C=O) groups excluding carboxylic acids is 1. The molecule has 3 heterocycles. The fourth-order valence-electron chi connectivity index (χ4n) is 3.09. The van der Waals surface area contributed by atoms with Gasteiger partial charge in [-0.25, -0.2) is 4.79 Å². The molecule has 1 aliphatic heterocycles. The molecule has 0 bridgehead atoms. The van der Waals surface area contributed by atoms with Crippen LogP contribution in [0.2, 0.25) is 0 Å². The highest BCUT2D eigenvalue weighted by molar-refractivity contribution is 5.87. The van der Waals surface area contributed by atoms with Crippen LogP contribution in [0, 0.1) is 6.92 Å². The molecule has 116 valence electrons. The number of hydrogen-bond donors (Lipinski definition) is 1. The Morgan fingerprint density at radius 2 is 2.36 bits per heavy atom. The monoisotopic (exact) mass is 299 g/mol. The van der Waals surface area contributed by atoms with Crippen molar-refractivity contribution >= 4 is 5.97 Å². The third kappa shape index (κ3) is 3.04. The summed E-state index contributed by atoms with van der Waals surface area (Å²) in [5, 5.41) is 0. The van der Waals surface area contributed by atoms with E-state index in [4.69, 9.17) is 4.74 Å². The van der Waals surface area contributed by atoms with Crippen LogP contribution in [0.3, 0.4) is 0 Å². The van der Waals surface area contributed by atoms with E-state index in [1.807, 2.05) is 25.3 Å². The lowest BCUT2D eigenvalue weighted by atomic mass is 10.1. The molecule has 1 unspecified atom stereocenters. The van der Waals surface area contributed by atoms with Crippen molar-refractivity contribution in [1.29, 1.82) is 0 Å². The number of aromatic nitrogens is 2. The number of ether oxygens (including phenoxy) is 1. The fraction of sp³-hybridized carbons (Fsp3) is 0.412. The van der Waals surface area contributed by atoms with Crippen LogP contribution in [0.5, 0.6) is 0 Å². The van der Waals surface area contributed by atoms with Crippen LogP contribution in [-0.4, -0.2) is 34.5 Å². The van der Waals surface area contributed by atoms with Gasteiger partial charge >= 0.3 is 5.97 Å². The Morgan fingerprint density at radius 3 is 3.14 bits per heavy atom. The van der Waals surface area contributed by atoms with Gasteiger partial charge in [-0.15, -0.1) is 0 Å². The van der Waals surface area contributed by atoms with Gasteiger partial charge in [-0.2, -0.15) is 0 Å². The van der Waals surface area contributed by atoms with Crippen molar-refractivity contribution in [3.8, 4) is 0 Å². The van der Waals surface area contributed by atoms with Crippen LogP contribution in [0.15, 0.2) is 30.5 Å². The molecule has 3 rings (SSSR count). The van der Waals surface area contributed by atoms with E-state index in [-0.39, 0.29) is 5.97 Å². The second kappa shape index (κ2) is 6.32. The van der Waals surface area contributed by atoms with Gasteiger partial charge in [0, 0.05) is 18.4 Å². The smallest absolute Gasteiger partial charge is 0.354 e. The predicted octanol–water partition coefficient (Wildman–Crippen LogP) is 2.84. The molecule has 1 aliphatic rings. The van der Waals surface area contributed by atoms with Gasteiger partial charge < -0.3 is 9.72 Å². The molecule has 5 nitrogen and oxygen atoms in total. The molecular formula is C17H21N3O2. The zero-order valence-corrected chi connectivity index (χ0v) is 13.0. The molecular weight excluding hydrogens is 278 g/mol. The number of H-pyrrole nitrogens is 1. The van der Waals surface area contributed by atoms with E-state index in [1.54, 1.807) is 0 Å². The zero-order valence-electron chi connectivity index (χ0n) is 13.0. The summed E-state index contributed by atoms with van der Waals surface area (Å²) in [5.41, 5.74) is 3.79. The molecule has 0 amide bonds. The fourth-order valence-corrected chi connectivity index (χ4v) is 3.09. The normalized spacial score (nSPS) is 18.5. The van der Waals surface area contributed by atoms with E-state index in [1.165, 1.54) is 13.5 Å². The van der Waals surface area contributed by atoms with E-state index < -0.39 is 0 Å². The van der Waals surface area contributed by atoms with E-state index in [2.05, 4.69) is 27.0 Å². The number of rotatable bonds is 4. The summed E-state index contributed by atoms with van der Waals surface area (Å²) in [6, 6.07) is 8.42. The van der Waals surface area contributed by atoms with Crippen LogP contribution < -0.4 is 0 Å². The molecule has 5 heteroatoms. The first-order chi connectivity index (χ1) is 10.7. The van der Waals surface area contributed by atoms with Crippen molar-refractivity contribution in [2.75, 3.05) is 13.7 Å². The van der Waals surface area contributed by atoms with Gasteiger partial charge in [0.05, 0.1) is 18.8 Å². The number of nitrogens with zero attached hydrogens (tertiary/aromatic N) is 2. The number of hydrogen-bond acceptors (Lipinski definition) is 4. The minimum absolute atomic E-state index is 0.329. The van der Waals surface area contributed by atoms with Crippen molar-refractivity contribution in [3.05, 3.63) is 53.1 Å². The molecule has 1 atom stereocenters. The second-order valence-corrected chi connectivity index (χ2v) is 5.75. The third-order valence-electron chi connectivity index (χ3n) is 4.15. The Balaban J connectivity index is 1.74. The largest absolute Gasteiger partial charge is 0.464 e. The minimum Gasteiger partial charge on any atom is -0.464 e. The maximum atomic E-state index is 11.5. The zero-order chi connectivity index (χ0) is 15.5. The Kier molecular flexibility index (Phi) is 4.24. The summed E-state index contributed by atoms with van der Waals surface area (Å²) in [6.07, 6.45) is 4.19. The number of pyridine rings is 1. The summed E-state index contributed by atoms with van der Waals surface area (Å²) in [7, 11) is 1.39. The summed E-state index contributed by atoms with van der Waals surface area (Å²) >= 11 is 0. The lowest BCUT2D eigenvalue weighted by molar-refractivity contribution is 0.0595. The van der Waals surface area contributed by atoms with Crippen LogP contribution in [0.25, 0.3) is 0 Å². The van der Waals surface area contributed by atoms with Gasteiger partial charge in [-0.05, 0) is 50.1 Å². The SMILES string of the molecule is COC(=O)c1cc(CN2CCCC2c2cccc(C)n2)c[nH]1. The van der Waals surface area contributed by atoms with Crippen molar-refractivity contribution < 1.29 is 9.53 Å². The number of aromatic amines is 1. The number of esters is 1. The second-order valence-electron chi connectivity index (χ2n) is 5.75. The molecule has 0 radical (unpaired) electrons. The summed E-state index contributed by atoms with van der Waals surface area (Å²) in [4.78, 5) is 21.6. The molecule has 1 saturated heterocycles. The molecule has 2 aromatic rings. The Hall–Kier alpha value is -2.14. The number of carbonyl (C=O) groups is 1. The van der Waals surface area contributed by atoms with Gasteiger partial charge in [0.2, 0.25) is 0 Å². The van der Waals surface area contributed by atoms with Crippen molar-refractivity contribution in [1.82, 2.24) is 14.9 Å². The van der Waals surface area contributed by atoms with E-state index in [0.717, 1.165) is 36.5 Å². The maximum Gasteiger partial charge on any atom is 0.354 e.